The quantitative estimate of drug-likeness (QED) is 0.673. The number of allylic oxidation sites excluding steroid dienone is 1. The highest BCUT2D eigenvalue weighted by Gasteiger charge is 2.21. The summed E-state index contributed by atoms with van der Waals surface area (Å²) in [7, 11) is 0. The molecule has 0 aliphatic carbocycles. The Kier molecular flexibility index (Phi) is 4.20. The Bertz CT molecular complexity index is 1090. The highest BCUT2D eigenvalue weighted by Crippen LogP contribution is 2.31. The summed E-state index contributed by atoms with van der Waals surface area (Å²) in [6.07, 6.45) is 2.31. The highest BCUT2D eigenvalue weighted by atomic mass is 35.5. The average Bonchev–Trinajstić information content (AvgIpc) is 2.99. The second-order valence-corrected chi connectivity index (χ2v) is 6.33. The van der Waals surface area contributed by atoms with Crippen molar-refractivity contribution >= 4 is 34.2 Å². The number of hydrogen-bond acceptors (Lipinski definition) is 3. The molecule has 1 aliphatic heterocycles. The Balaban J connectivity index is 1.85. The Morgan fingerprint density at radius 3 is 2.85 bits per heavy atom. The molecule has 0 radical (unpaired) electrons. The zero-order chi connectivity index (χ0) is 18.3. The van der Waals surface area contributed by atoms with Crippen molar-refractivity contribution in [1.82, 2.24) is 9.55 Å². The van der Waals surface area contributed by atoms with E-state index in [9.17, 15) is 13.6 Å². The van der Waals surface area contributed by atoms with Gasteiger partial charge in [0, 0.05) is 17.1 Å². The average molecular weight is 375 g/mol. The third-order valence-electron chi connectivity index (χ3n) is 4.27. The molecule has 1 aromatic heterocycles. The molecule has 4 nitrogen and oxygen atoms in total. The summed E-state index contributed by atoms with van der Waals surface area (Å²) in [5, 5.41) is 0.995. The summed E-state index contributed by atoms with van der Waals surface area (Å²) in [6.45, 7) is -2.42. The van der Waals surface area contributed by atoms with Crippen LogP contribution in [0.5, 0.6) is 5.75 Å². The lowest BCUT2D eigenvalue weighted by molar-refractivity contribution is -0.0499. The molecular formula is C19H13ClF2N2O2. The van der Waals surface area contributed by atoms with Crippen molar-refractivity contribution < 1.29 is 13.5 Å². The highest BCUT2D eigenvalue weighted by molar-refractivity contribution is 6.31. The summed E-state index contributed by atoms with van der Waals surface area (Å²) in [5.41, 5.74) is 1.67. The van der Waals surface area contributed by atoms with Crippen molar-refractivity contribution in [3.63, 3.8) is 0 Å². The van der Waals surface area contributed by atoms with Gasteiger partial charge in [0.15, 0.2) is 0 Å². The smallest absolute Gasteiger partial charge is 0.387 e. The van der Waals surface area contributed by atoms with Gasteiger partial charge in [0.2, 0.25) is 0 Å². The molecule has 1 aliphatic rings. The molecule has 0 fully saturated rings. The van der Waals surface area contributed by atoms with Crippen molar-refractivity contribution in [2.24, 2.45) is 0 Å². The molecule has 0 saturated carbocycles. The van der Waals surface area contributed by atoms with E-state index >= 15 is 0 Å². The Hall–Kier alpha value is -2.73. The zero-order valence-electron chi connectivity index (χ0n) is 13.5. The van der Waals surface area contributed by atoms with Crippen LogP contribution in [-0.2, 0) is 6.54 Å². The van der Waals surface area contributed by atoms with Crippen molar-refractivity contribution in [1.29, 1.82) is 0 Å². The lowest BCUT2D eigenvalue weighted by atomic mass is 10.1. The predicted molar refractivity (Wildman–Crippen MR) is 96.6 cm³/mol. The van der Waals surface area contributed by atoms with Gasteiger partial charge < -0.3 is 4.74 Å². The fourth-order valence-electron chi connectivity index (χ4n) is 3.12. The van der Waals surface area contributed by atoms with E-state index in [4.69, 9.17) is 11.6 Å². The van der Waals surface area contributed by atoms with Crippen LogP contribution in [0.1, 0.15) is 17.8 Å². The first-order chi connectivity index (χ1) is 12.5. The van der Waals surface area contributed by atoms with Gasteiger partial charge in [-0.05, 0) is 42.3 Å². The van der Waals surface area contributed by atoms with Crippen LogP contribution in [0.3, 0.4) is 0 Å². The Morgan fingerprint density at radius 1 is 1.23 bits per heavy atom. The van der Waals surface area contributed by atoms with Crippen LogP contribution in [0.25, 0.3) is 22.6 Å². The molecule has 0 N–H and O–H groups in total. The first kappa shape index (κ1) is 16.7. The maximum Gasteiger partial charge on any atom is 0.387 e. The second-order valence-electron chi connectivity index (χ2n) is 5.89. The minimum atomic E-state index is -2.91. The van der Waals surface area contributed by atoms with E-state index in [2.05, 4.69) is 9.72 Å². The van der Waals surface area contributed by atoms with Crippen LogP contribution in [0.4, 0.5) is 8.78 Å². The number of ether oxygens (including phenoxy) is 1. The van der Waals surface area contributed by atoms with Gasteiger partial charge in [0.25, 0.3) is 5.56 Å². The molecule has 0 atom stereocenters. The third kappa shape index (κ3) is 2.97. The van der Waals surface area contributed by atoms with Gasteiger partial charge in [-0.2, -0.15) is 8.78 Å². The van der Waals surface area contributed by atoms with Crippen molar-refractivity contribution in [3.8, 4) is 5.75 Å². The van der Waals surface area contributed by atoms with Crippen LogP contribution in [0, 0.1) is 0 Å². The molecule has 0 spiro atoms. The molecule has 2 heterocycles. The van der Waals surface area contributed by atoms with Crippen molar-refractivity contribution in [3.05, 3.63) is 69.2 Å². The van der Waals surface area contributed by atoms with E-state index in [1.54, 1.807) is 47.0 Å². The lowest BCUT2D eigenvalue weighted by Gasteiger charge is -2.09. The number of nitrogens with zero attached hydrogens (tertiary/aromatic N) is 2. The Morgan fingerprint density at radius 2 is 2.04 bits per heavy atom. The molecule has 132 valence electrons. The van der Waals surface area contributed by atoms with Crippen LogP contribution < -0.4 is 10.3 Å². The SMILES string of the molecule is O=c1c2ccc(Cl)cc2nc2n1CC/C2=C/c1ccccc1OC(F)F. The lowest BCUT2D eigenvalue weighted by Crippen LogP contribution is -2.20. The molecule has 2 aromatic carbocycles. The summed E-state index contributed by atoms with van der Waals surface area (Å²) >= 11 is 6.01. The fourth-order valence-corrected chi connectivity index (χ4v) is 3.28. The van der Waals surface area contributed by atoms with Crippen LogP contribution in [0.2, 0.25) is 5.02 Å². The molecule has 0 saturated heterocycles. The summed E-state index contributed by atoms with van der Waals surface area (Å²) in [5.74, 6) is 0.608. The topological polar surface area (TPSA) is 44.1 Å². The van der Waals surface area contributed by atoms with E-state index in [0.717, 1.165) is 5.57 Å². The van der Waals surface area contributed by atoms with Gasteiger partial charge in [-0.1, -0.05) is 29.8 Å². The van der Waals surface area contributed by atoms with E-state index in [1.165, 1.54) is 6.07 Å². The third-order valence-corrected chi connectivity index (χ3v) is 4.51. The number of aromatic nitrogens is 2. The largest absolute Gasteiger partial charge is 0.434 e. The number of benzene rings is 2. The minimum Gasteiger partial charge on any atom is -0.434 e. The first-order valence-corrected chi connectivity index (χ1v) is 8.35. The monoisotopic (exact) mass is 374 g/mol. The van der Waals surface area contributed by atoms with Crippen molar-refractivity contribution in [2.75, 3.05) is 0 Å². The number of halogens is 3. The number of rotatable bonds is 3. The maximum absolute atomic E-state index is 12.7. The van der Waals surface area contributed by atoms with E-state index < -0.39 is 6.61 Å². The molecule has 4 rings (SSSR count). The predicted octanol–water partition coefficient (Wildman–Crippen LogP) is 4.60. The number of para-hydroxylation sites is 1. The maximum atomic E-state index is 12.7. The summed E-state index contributed by atoms with van der Waals surface area (Å²) < 4.78 is 31.4. The number of fused-ring (bicyclic) bond motifs is 2. The van der Waals surface area contributed by atoms with E-state index in [1.807, 2.05) is 0 Å². The Labute approximate surface area is 152 Å². The molecule has 26 heavy (non-hydrogen) atoms. The molecule has 7 heteroatoms. The normalized spacial score (nSPS) is 15.0. The van der Waals surface area contributed by atoms with Crippen LogP contribution >= 0.6 is 11.6 Å². The standard InChI is InChI=1S/C19H13ClF2N2O2/c20-13-5-6-14-15(10-13)23-17-12(7-8-24(17)18(14)25)9-11-3-1-2-4-16(11)26-19(21)22/h1-6,9-10,19H,7-8H2/b12-9-. The first-order valence-electron chi connectivity index (χ1n) is 7.98. The zero-order valence-corrected chi connectivity index (χ0v) is 14.2. The van der Waals surface area contributed by atoms with Gasteiger partial charge >= 0.3 is 6.61 Å². The van der Waals surface area contributed by atoms with Gasteiger partial charge in [0.1, 0.15) is 11.6 Å². The van der Waals surface area contributed by atoms with Crippen molar-refractivity contribution in [2.45, 2.75) is 19.6 Å². The molecule has 0 bridgehead atoms. The summed E-state index contributed by atoms with van der Waals surface area (Å²) in [4.78, 5) is 17.2. The number of hydrogen-bond donors (Lipinski definition) is 0. The van der Waals surface area contributed by atoms with Gasteiger partial charge in [-0.15, -0.1) is 0 Å². The van der Waals surface area contributed by atoms with Gasteiger partial charge in [-0.3, -0.25) is 9.36 Å². The molecular weight excluding hydrogens is 362 g/mol. The van der Waals surface area contributed by atoms with Crippen LogP contribution in [-0.4, -0.2) is 16.2 Å². The number of alkyl halides is 2. The molecule has 0 unspecified atom stereocenters. The molecule has 0 amide bonds. The molecule has 3 aromatic rings. The van der Waals surface area contributed by atoms with E-state index in [0.29, 0.717) is 40.3 Å². The van der Waals surface area contributed by atoms with Gasteiger partial charge in [-0.25, -0.2) is 4.98 Å². The van der Waals surface area contributed by atoms with E-state index in [-0.39, 0.29) is 11.3 Å². The second kappa shape index (κ2) is 6.53. The minimum absolute atomic E-state index is 0.0830. The fraction of sp³-hybridized carbons (Fsp3) is 0.158. The van der Waals surface area contributed by atoms with Crippen LogP contribution in [0.15, 0.2) is 47.3 Å². The summed E-state index contributed by atoms with van der Waals surface area (Å²) in [6, 6.07) is 11.5. The van der Waals surface area contributed by atoms with Gasteiger partial charge in [0.05, 0.1) is 10.9 Å².